The van der Waals surface area contributed by atoms with Crippen LogP contribution in [0.4, 0.5) is 5.69 Å². The van der Waals surface area contributed by atoms with Gasteiger partial charge < -0.3 is 5.73 Å². The van der Waals surface area contributed by atoms with E-state index in [1.54, 1.807) is 12.1 Å². The van der Waals surface area contributed by atoms with E-state index in [0.717, 1.165) is 5.56 Å². The zero-order chi connectivity index (χ0) is 12.3. The minimum absolute atomic E-state index is 0.219. The lowest BCUT2D eigenvalue weighted by molar-refractivity contribution is 0.560. The summed E-state index contributed by atoms with van der Waals surface area (Å²) in [4.78, 5) is 0.219. The van der Waals surface area contributed by atoms with E-state index < -0.39 is 10.0 Å². The summed E-state index contributed by atoms with van der Waals surface area (Å²) in [6.45, 7) is 6.17. The maximum Gasteiger partial charge on any atom is 0.240 e. The minimum Gasteiger partial charge on any atom is -0.398 e. The lowest BCUT2D eigenvalue weighted by Crippen LogP contribution is -2.27. The van der Waals surface area contributed by atoms with E-state index in [2.05, 4.69) is 4.72 Å². The molecule has 1 rings (SSSR count). The monoisotopic (exact) mass is 242 g/mol. The first-order valence-electron chi connectivity index (χ1n) is 5.18. The van der Waals surface area contributed by atoms with Crippen LogP contribution in [-0.2, 0) is 10.0 Å². The van der Waals surface area contributed by atoms with Crippen LogP contribution >= 0.6 is 0 Å². The number of benzene rings is 1. The van der Waals surface area contributed by atoms with E-state index >= 15 is 0 Å². The largest absolute Gasteiger partial charge is 0.398 e. The average molecular weight is 242 g/mol. The summed E-state index contributed by atoms with van der Waals surface area (Å²) in [6, 6.07) is 4.76. The van der Waals surface area contributed by atoms with Crippen LogP contribution in [0, 0.1) is 12.8 Å². The molecule has 16 heavy (non-hydrogen) atoms. The first-order valence-corrected chi connectivity index (χ1v) is 6.67. The van der Waals surface area contributed by atoms with Crippen molar-refractivity contribution in [2.45, 2.75) is 25.7 Å². The van der Waals surface area contributed by atoms with Crippen molar-refractivity contribution in [2.24, 2.45) is 5.92 Å². The Labute approximate surface area is 96.9 Å². The maximum absolute atomic E-state index is 11.8. The van der Waals surface area contributed by atoms with Gasteiger partial charge in [-0.1, -0.05) is 19.9 Å². The topological polar surface area (TPSA) is 72.2 Å². The fourth-order valence-corrected chi connectivity index (χ4v) is 2.39. The number of hydrogen-bond acceptors (Lipinski definition) is 3. The number of aryl methyl sites for hydroxylation is 1. The SMILES string of the molecule is Cc1ccc(S(=O)(=O)NCC(C)C)cc1N. The molecule has 0 radical (unpaired) electrons. The number of anilines is 1. The van der Waals surface area contributed by atoms with Gasteiger partial charge in [-0.15, -0.1) is 0 Å². The highest BCUT2D eigenvalue weighted by Crippen LogP contribution is 2.16. The van der Waals surface area contributed by atoms with Gasteiger partial charge >= 0.3 is 0 Å². The van der Waals surface area contributed by atoms with Crippen LogP contribution in [0.25, 0.3) is 0 Å². The Kier molecular flexibility index (Phi) is 3.93. The first-order chi connectivity index (χ1) is 7.33. The van der Waals surface area contributed by atoms with Crippen molar-refractivity contribution in [3.63, 3.8) is 0 Å². The van der Waals surface area contributed by atoms with Crippen molar-refractivity contribution in [3.05, 3.63) is 23.8 Å². The Balaban J connectivity index is 2.94. The number of nitrogen functional groups attached to an aromatic ring is 1. The van der Waals surface area contributed by atoms with Gasteiger partial charge in [0.15, 0.2) is 0 Å². The van der Waals surface area contributed by atoms with Crippen LogP contribution in [0.1, 0.15) is 19.4 Å². The second kappa shape index (κ2) is 4.84. The summed E-state index contributed by atoms with van der Waals surface area (Å²) in [7, 11) is -3.42. The van der Waals surface area contributed by atoms with Crippen molar-refractivity contribution in [3.8, 4) is 0 Å². The molecule has 0 saturated heterocycles. The molecule has 0 bridgehead atoms. The van der Waals surface area contributed by atoms with Crippen molar-refractivity contribution in [1.82, 2.24) is 4.72 Å². The van der Waals surface area contributed by atoms with Crippen molar-refractivity contribution in [1.29, 1.82) is 0 Å². The Morgan fingerprint density at radius 1 is 1.38 bits per heavy atom. The molecule has 0 unspecified atom stereocenters. The third kappa shape index (κ3) is 3.21. The highest BCUT2D eigenvalue weighted by Gasteiger charge is 2.14. The zero-order valence-electron chi connectivity index (χ0n) is 9.82. The molecule has 0 saturated carbocycles. The normalized spacial score (nSPS) is 12.0. The predicted octanol–water partition coefficient (Wildman–Crippen LogP) is 1.51. The fourth-order valence-electron chi connectivity index (χ4n) is 1.15. The molecule has 0 fully saturated rings. The lowest BCUT2D eigenvalue weighted by Gasteiger charge is -2.10. The van der Waals surface area contributed by atoms with Gasteiger partial charge in [0.2, 0.25) is 10.0 Å². The van der Waals surface area contributed by atoms with Gasteiger partial charge in [-0.05, 0) is 30.5 Å². The molecule has 0 aromatic heterocycles. The van der Waals surface area contributed by atoms with Crippen LogP contribution in [0.15, 0.2) is 23.1 Å². The average Bonchev–Trinajstić information content (AvgIpc) is 2.19. The van der Waals surface area contributed by atoms with Crippen LogP contribution in [0.5, 0.6) is 0 Å². The lowest BCUT2D eigenvalue weighted by atomic mass is 10.2. The number of nitrogens with one attached hydrogen (secondary N) is 1. The molecule has 1 aromatic rings. The van der Waals surface area contributed by atoms with E-state index in [-0.39, 0.29) is 10.8 Å². The molecule has 4 nitrogen and oxygen atoms in total. The standard InChI is InChI=1S/C11H18N2O2S/c1-8(2)7-13-16(14,15)10-5-4-9(3)11(12)6-10/h4-6,8,13H,7,12H2,1-3H3. The smallest absolute Gasteiger partial charge is 0.240 e. The summed E-state index contributed by atoms with van der Waals surface area (Å²) >= 11 is 0. The number of rotatable bonds is 4. The van der Waals surface area contributed by atoms with Gasteiger partial charge in [0.05, 0.1) is 4.90 Å². The maximum atomic E-state index is 11.8. The Bertz CT molecular complexity index is 467. The van der Waals surface area contributed by atoms with E-state index in [1.165, 1.54) is 6.07 Å². The second-order valence-electron chi connectivity index (χ2n) is 4.26. The van der Waals surface area contributed by atoms with Crippen LogP contribution in [0.3, 0.4) is 0 Å². The minimum atomic E-state index is -3.42. The number of sulfonamides is 1. The molecule has 1 aromatic carbocycles. The van der Waals surface area contributed by atoms with Crippen LogP contribution in [0.2, 0.25) is 0 Å². The summed E-state index contributed by atoms with van der Waals surface area (Å²) in [5.41, 5.74) is 7.05. The molecular formula is C11H18N2O2S. The highest BCUT2D eigenvalue weighted by molar-refractivity contribution is 7.89. The van der Waals surface area contributed by atoms with Crippen LogP contribution < -0.4 is 10.5 Å². The van der Waals surface area contributed by atoms with Gasteiger partial charge in [0.1, 0.15) is 0 Å². The molecular weight excluding hydrogens is 224 g/mol. The molecule has 0 aliphatic rings. The third-order valence-corrected chi connectivity index (χ3v) is 3.66. The predicted molar refractivity (Wildman–Crippen MR) is 65.6 cm³/mol. The molecule has 0 spiro atoms. The highest BCUT2D eigenvalue weighted by atomic mass is 32.2. The second-order valence-corrected chi connectivity index (χ2v) is 6.03. The molecule has 0 heterocycles. The number of nitrogens with two attached hydrogens (primary N) is 1. The van der Waals surface area contributed by atoms with E-state index in [0.29, 0.717) is 12.2 Å². The summed E-state index contributed by atoms with van der Waals surface area (Å²) in [5.74, 6) is 0.276. The third-order valence-electron chi connectivity index (χ3n) is 2.24. The molecule has 0 aliphatic heterocycles. The van der Waals surface area contributed by atoms with Gasteiger partial charge in [0, 0.05) is 12.2 Å². The first kappa shape index (κ1) is 13.0. The fraction of sp³-hybridized carbons (Fsp3) is 0.455. The Morgan fingerprint density at radius 3 is 2.50 bits per heavy atom. The molecule has 0 aliphatic carbocycles. The zero-order valence-corrected chi connectivity index (χ0v) is 10.6. The van der Waals surface area contributed by atoms with Crippen molar-refractivity contribution in [2.75, 3.05) is 12.3 Å². The van der Waals surface area contributed by atoms with Gasteiger partial charge in [0.25, 0.3) is 0 Å². The van der Waals surface area contributed by atoms with Crippen molar-refractivity contribution >= 4 is 15.7 Å². The Morgan fingerprint density at radius 2 is 2.00 bits per heavy atom. The summed E-state index contributed by atoms with van der Waals surface area (Å²) < 4.78 is 26.2. The van der Waals surface area contributed by atoms with Gasteiger partial charge in [-0.2, -0.15) is 0 Å². The molecule has 90 valence electrons. The van der Waals surface area contributed by atoms with Crippen molar-refractivity contribution < 1.29 is 8.42 Å². The Hall–Kier alpha value is -1.07. The number of hydrogen-bond donors (Lipinski definition) is 2. The molecule has 5 heteroatoms. The van der Waals surface area contributed by atoms with E-state index in [1.807, 2.05) is 20.8 Å². The van der Waals surface area contributed by atoms with Gasteiger partial charge in [-0.3, -0.25) is 0 Å². The molecule has 0 atom stereocenters. The quantitative estimate of drug-likeness (QED) is 0.786. The van der Waals surface area contributed by atoms with Gasteiger partial charge in [-0.25, -0.2) is 13.1 Å². The van der Waals surface area contributed by atoms with E-state index in [9.17, 15) is 8.42 Å². The van der Waals surface area contributed by atoms with Crippen LogP contribution in [-0.4, -0.2) is 15.0 Å². The van der Waals surface area contributed by atoms with E-state index in [4.69, 9.17) is 5.73 Å². The molecule has 3 N–H and O–H groups in total. The summed E-state index contributed by atoms with van der Waals surface area (Å²) in [5, 5.41) is 0. The molecule has 0 amide bonds. The summed E-state index contributed by atoms with van der Waals surface area (Å²) in [6.07, 6.45) is 0.